The van der Waals surface area contributed by atoms with Crippen LogP contribution in [-0.4, -0.2) is 46.9 Å². The van der Waals surface area contributed by atoms with Gasteiger partial charge < -0.3 is 15.0 Å². The first-order valence-corrected chi connectivity index (χ1v) is 8.81. The lowest BCUT2D eigenvalue weighted by Crippen LogP contribution is -2.23. The number of nitrogens with one attached hydrogen (secondary N) is 1. The highest BCUT2D eigenvalue weighted by Gasteiger charge is 2.13. The highest BCUT2D eigenvalue weighted by Crippen LogP contribution is 2.20. The lowest BCUT2D eigenvalue weighted by Gasteiger charge is -2.06. The number of ether oxygens (including phenoxy) is 1. The summed E-state index contributed by atoms with van der Waals surface area (Å²) in [6.07, 6.45) is 0. The fourth-order valence-electron chi connectivity index (χ4n) is 2.33. The number of thiazole rings is 1. The van der Waals surface area contributed by atoms with Gasteiger partial charge in [-0.1, -0.05) is 12.1 Å². The predicted octanol–water partition coefficient (Wildman–Crippen LogP) is 1.94. The van der Waals surface area contributed by atoms with Gasteiger partial charge in [0.15, 0.2) is 11.0 Å². The molecule has 0 bridgehead atoms. The topological polar surface area (TPSA) is 85.2 Å². The average molecular weight is 372 g/mol. The third kappa shape index (κ3) is 3.83. The maximum atomic E-state index is 12.5. The number of carbonyl (C=O) groups excluding carboxylic acids is 1. The van der Waals surface area contributed by atoms with Crippen LogP contribution in [0.4, 0.5) is 5.13 Å². The van der Waals surface area contributed by atoms with Gasteiger partial charge in [-0.05, 0) is 12.1 Å². The minimum atomic E-state index is -0.172. The number of anilines is 1. The van der Waals surface area contributed by atoms with Crippen molar-refractivity contribution in [3.05, 3.63) is 40.9 Å². The maximum absolute atomic E-state index is 12.5. The molecule has 0 unspecified atom stereocenters. The van der Waals surface area contributed by atoms with E-state index in [0.717, 1.165) is 16.4 Å². The zero-order valence-corrected chi connectivity index (χ0v) is 15.9. The number of amides is 1. The molecule has 0 radical (unpaired) electrons. The van der Waals surface area contributed by atoms with Crippen LogP contribution >= 0.6 is 11.3 Å². The third-order valence-electron chi connectivity index (χ3n) is 3.64. The number of hydrogen-bond donors (Lipinski definition) is 1. The summed E-state index contributed by atoms with van der Waals surface area (Å²) >= 11 is 1.54. The van der Waals surface area contributed by atoms with Gasteiger partial charge in [0.2, 0.25) is 0 Å². The minimum Gasteiger partial charge on any atom is -0.467 e. The Morgan fingerprint density at radius 3 is 2.81 bits per heavy atom. The Kier molecular flexibility index (Phi) is 5.17. The highest BCUT2D eigenvalue weighted by atomic mass is 32.1. The van der Waals surface area contributed by atoms with Crippen molar-refractivity contribution in [3.63, 3.8) is 0 Å². The van der Waals surface area contributed by atoms with Gasteiger partial charge in [-0.25, -0.2) is 9.67 Å². The van der Waals surface area contributed by atoms with Crippen molar-refractivity contribution >= 4 is 22.4 Å². The SMILES string of the molecule is COc1nc(-c2cccc(C(=O)NCc3csc(N(C)C)n3)c2)nn1C. The molecule has 0 atom stereocenters. The molecule has 1 amide bonds. The smallest absolute Gasteiger partial charge is 0.314 e. The zero-order chi connectivity index (χ0) is 18.7. The van der Waals surface area contributed by atoms with Crippen LogP contribution in [0.15, 0.2) is 29.6 Å². The molecule has 2 aromatic heterocycles. The number of aryl methyl sites for hydroxylation is 1. The molecule has 26 heavy (non-hydrogen) atoms. The summed E-state index contributed by atoms with van der Waals surface area (Å²) in [5.74, 6) is 0.336. The highest BCUT2D eigenvalue weighted by molar-refractivity contribution is 7.13. The Hall–Kier alpha value is -2.94. The minimum absolute atomic E-state index is 0.172. The Bertz CT molecular complexity index is 918. The van der Waals surface area contributed by atoms with Crippen LogP contribution in [-0.2, 0) is 13.6 Å². The standard InChI is InChI=1S/C17H20N6O2S/c1-22(2)17-19-13(10-26-17)9-18-15(24)12-7-5-6-11(8-12)14-20-16(25-4)23(3)21-14/h5-8,10H,9H2,1-4H3,(H,18,24). The van der Waals surface area contributed by atoms with Crippen molar-refractivity contribution in [1.82, 2.24) is 25.1 Å². The molecule has 0 aliphatic heterocycles. The molecule has 1 aromatic carbocycles. The summed E-state index contributed by atoms with van der Waals surface area (Å²) in [7, 11) is 7.17. The molecule has 0 aliphatic rings. The summed E-state index contributed by atoms with van der Waals surface area (Å²) in [5.41, 5.74) is 2.12. The molecular weight excluding hydrogens is 352 g/mol. The second-order valence-electron chi connectivity index (χ2n) is 5.83. The van der Waals surface area contributed by atoms with E-state index < -0.39 is 0 Å². The Morgan fingerprint density at radius 1 is 1.35 bits per heavy atom. The van der Waals surface area contributed by atoms with Crippen LogP contribution < -0.4 is 15.0 Å². The Morgan fingerprint density at radius 2 is 2.15 bits per heavy atom. The van der Waals surface area contributed by atoms with Crippen molar-refractivity contribution in [2.45, 2.75) is 6.54 Å². The van der Waals surface area contributed by atoms with Crippen molar-refractivity contribution in [3.8, 4) is 17.4 Å². The number of hydrogen-bond acceptors (Lipinski definition) is 7. The molecule has 3 rings (SSSR count). The van der Waals surface area contributed by atoms with E-state index in [9.17, 15) is 4.79 Å². The quantitative estimate of drug-likeness (QED) is 0.712. The molecule has 2 heterocycles. The van der Waals surface area contributed by atoms with E-state index in [0.29, 0.717) is 23.9 Å². The molecule has 0 aliphatic carbocycles. The maximum Gasteiger partial charge on any atom is 0.314 e. The van der Waals surface area contributed by atoms with Crippen LogP contribution in [0.3, 0.4) is 0 Å². The van der Waals surface area contributed by atoms with E-state index in [-0.39, 0.29) is 5.91 Å². The summed E-state index contributed by atoms with van der Waals surface area (Å²) in [6, 6.07) is 7.59. The number of nitrogens with zero attached hydrogens (tertiary/aromatic N) is 5. The van der Waals surface area contributed by atoms with E-state index in [1.165, 1.54) is 7.11 Å². The largest absolute Gasteiger partial charge is 0.467 e. The molecule has 1 N–H and O–H groups in total. The third-order valence-corrected chi connectivity index (χ3v) is 4.70. The molecule has 0 spiro atoms. The predicted molar refractivity (Wildman–Crippen MR) is 101 cm³/mol. The first-order chi connectivity index (χ1) is 12.5. The molecule has 3 aromatic rings. The average Bonchev–Trinajstić information content (AvgIpc) is 3.26. The van der Waals surface area contributed by atoms with Crippen LogP contribution in [0.25, 0.3) is 11.4 Å². The Labute approximate surface area is 155 Å². The summed E-state index contributed by atoms with van der Waals surface area (Å²) < 4.78 is 6.68. The zero-order valence-electron chi connectivity index (χ0n) is 15.1. The summed E-state index contributed by atoms with van der Waals surface area (Å²) in [4.78, 5) is 23.1. The van der Waals surface area contributed by atoms with Gasteiger partial charge in [0.1, 0.15) is 0 Å². The lowest BCUT2D eigenvalue weighted by molar-refractivity contribution is 0.0950. The van der Waals surface area contributed by atoms with E-state index in [1.807, 2.05) is 30.4 Å². The normalized spacial score (nSPS) is 10.6. The van der Waals surface area contributed by atoms with Crippen LogP contribution in [0, 0.1) is 0 Å². The fraction of sp³-hybridized carbons (Fsp3) is 0.294. The van der Waals surface area contributed by atoms with E-state index in [1.54, 1.807) is 41.3 Å². The fourth-order valence-corrected chi connectivity index (χ4v) is 3.08. The second-order valence-corrected chi connectivity index (χ2v) is 6.66. The molecule has 8 nitrogen and oxygen atoms in total. The number of methoxy groups -OCH3 is 1. The first-order valence-electron chi connectivity index (χ1n) is 7.93. The first kappa shape index (κ1) is 17.9. The number of benzene rings is 1. The van der Waals surface area contributed by atoms with Crippen molar-refractivity contribution < 1.29 is 9.53 Å². The molecule has 0 saturated heterocycles. The van der Waals surface area contributed by atoms with Crippen molar-refractivity contribution in [2.24, 2.45) is 7.05 Å². The number of rotatable bonds is 6. The van der Waals surface area contributed by atoms with Gasteiger partial charge in [0, 0.05) is 37.6 Å². The van der Waals surface area contributed by atoms with Gasteiger partial charge >= 0.3 is 6.01 Å². The van der Waals surface area contributed by atoms with E-state index >= 15 is 0 Å². The van der Waals surface area contributed by atoms with Crippen LogP contribution in [0.5, 0.6) is 6.01 Å². The molecule has 0 saturated carbocycles. The van der Waals surface area contributed by atoms with E-state index in [2.05, 4.69) is 20.4 Å². The molecule has 9 heteroatoms. The molecule has 0 fully saturated rings. The van der Waals surface area contributed by atoms with Gasteiger partial charge in [-0.2, -0.15) is 4.98 Å². The van der Waals surface area contributed by atoms with E-state index in [4.69, 9.17) is 4.74 Å². The number of carbonyl (C=O) groups is 1. The van der Waals surface area contributed by atoms with Gasteiger partial charge in [0.25, 0.3) is 5.91 Å². The molecular formula is C17H20N6O2S. The van der Waals surface area contributed by atoms with Crippen molar-refractivity contribution in [1.29, 1.82) is 0 Å². The second kappa shape index (κ2) is 7.52. The van der Waals surface area contributed by atoms with Crippen LogP contribution in [0.1, 0.15) is 16.1 Å². The van der Waals surface area contributed by atoms with Crippen LogP contribution in [0.2, 0.25) is 0 Å². The number of aromatic nitrogens is 4. The van der Waals surface area contributed by atoms with Gasteiger partial charge in [-0.15, -0.1) is 16.4 Å². The van der Waals surface area contributed by atoms with Gasteiger partial charge in [0.05, 0.1) is 19.3 Å². The summed E-state index contributed by atoms with van der Waals surface area (Å²) in [5, 5.41) is 10.0. The molecule has 136 valence electrons. The van der Waals surface area contributed by atoms with Gasteiger partial charge in [-0.3, -0.25) is 4.79 Å². The van der Waals surface area contributed by atoms with Crippen molar-refractivity contribution in [2.75, 3.05) is 26.1 Å². The monoisotopic (exact) mass is 372 g/mol. The Balaban J connectivity index is 1.71. The lowest BCUT2D eigenvalue weighted by atomic mass is 10.1. The summed E-state index contributed by atoms with van der Waals surface area (Å²) in [6.45, 7) is 0.378.